The molecule has 0 unspecified atom stereocenters. The number of hydrogen-bond donors (Lipinski definition) is 1. The van der Waals surface area contributed by atoms with Gasteiger partial charge in [0.1, 0.15) is 6.67 Å². The molecular formula is C10H9FO2. The molecule has 0 aromatic heterocycles. The smallest absolute Gasteiger partial charge is 0.328 e. The first kappa shape index (κ1) is 9.45. The van der Waals surface area contributed by atoms with Crippen molar-refractivity contribution in [2.75, 3.05) is 6.67 Å². The van der Waals surface area contributed by atoms with E-state index in [9.17, 15) is 9.18 Å². The van der Waals surface area contributed by atoms with Crippen molar-refractivity contribution in [2.45, 2.75) is 0 Å². The summed E-state index contributed by atoms with van der Waals surface area (Å²) in [5.74, 6) is -1.13. The number of carbonyl (C=O) groups is 1. The van der Waals surface area contributed by atoms with E-state index in [4.69, 9.17) is 5.11 Å². The molecule has 13 heavy (non-hydrogen) atoms. The summed E-state index contributed by atoms with van der Waals surface area (Å²) in [4.78, 5) is 10.3. The summed E-state index contributed by atoms with van der Waals surface area (Å²) in [5, 5.41) is 8.43. The number of hydrogen-bond acceptors (Lipinski definition) is 1. The van der Waals surface area contributed by atoms with E-state index in [1.807, 2.05) is 0 Å². The molecule has 0 amide bonds. The van der Waals surface area contributed by atoms with Gasteiger partial charge in [-0.25, -0.2) is 9.18 Å². The molecule has 0 aliphatic carbocycles. The minimum absolute atomic E-state index is 0.188. The summed E-state index contributed by atoms with van der Waals surface area (Å²) < 4.78 is 12.4. The lowest BCUT2D eigenvalue weighted by Gasteiger charge is -2.00. The molecule has 0 atom stereocenters. The summed E-state index contributed by atoms with van der Waals surface area (Å²) in [6, 6.07) is 8.62. The lowest BCUT2D eigenvalue weighted by atomic mass is 10.1. The molecule has 0 spiro atoms. The molecule has 0 saturated carbocycles. The third-order valence-corrected chi connectivity index (χ3v) is 1.59. The second-order valence-electron chi connectivity index (χ2n) is 2.51. The molecule has 0 saturated heterocycles. The van der Waals surface area contributed by atoms with Gasteiger partial charge in [0.2, 0.25) is 0 Å². The highest BCUT2D eigenvalue weighted by Crippen LogP contribution is 2.13. The fraction of sp³-hybridized carbons (Fsp3) is 0.100. The van der Waals surface area contributed by atoms with Crippen LogP contribution in [0.4, 0.5) is 4.39 Å². The van der Waals surface area contributed by atoms with Gasteiger partial charge in [0, 0.05) is 6.08 Å². The van der Waals surface area contributed by atoms with Crippen LogP contribution in [-0.4, -0.2) is 17.8 Å². The van der Waals surface area contributed by atoms with Gasteiger partial charge in [-0.3, -0.25) is 0 Å². The van der Waals surface area contributed by atoms with Crippen molar-refractivity contribution >= 4 is 11.5 Å². The molecule has 1 N–H and O–H groups in total. The SMILES string of the molecule is O=C(O)/C=C(\CF)c1ccccc1. The highest BCUT2D eigenvalue weighted by molar-refractivity contribution is 5.90. The van der Waals surface area contributed by atoms with Gasteiger partial charge in [-0.1, -0.05) is 30.3 Å². The van der Waals surface area contributed by atoms with E-state index in [0.29, 0.717) is 5.56 Å². The summed E-state index contributed by atoms with van der Waals surface area (Å²) in [6.45, 7) is -0.768. The number of carboxylic acid groups (broad SMARTS) is 1. The molecule has 2 nitrogen and oxygen atoms in total. The van der Waals surface area contributed by atoms with Crippen LogP contribution in [-0.2, 0) is 4.79 Å². The van der Waals surface area contributed by atoms with Crippen LogP contribution >= 0.6 is 0 Å². The second kappa shape index (κ2) is 4.40. The first-order chi connectivity index (χ1) is 6.24. The van der Waals surface area contributed by atoms with E-state index in [-0.39, 0.29) is 5.57 Å². The van der Waals surface area contributed by atoms with Crippen LogP contribution in [0.15, 0.2) is 36.4 Å². The molecule has 1 aromatic rings. The van der Waals surface area contributed by atoms with Crippen LogP contribution < -0.4 is 0 Å². The predicted octanol–water partition coefficient (Wildman–Crippen LogP) is 2.12. The Hall–Kier alpha value is -1.64. The number of alkyl halides is 1. The Labute approximate surface area is 75.3 Å². The quantitative estimate of drug-likeness (QED) is 0.723. The number of aliphatic carboxylic acids is 1. The van der Waals surface area contributed by atoms with Crippen molar-refractivity contribution < 1.29 is 14.3 Å². The minimum atomic E-state index is -1.13. The van der Waals surface area contributed by atoms with Crippen molar-refractivity contribution in [1.29, 1.82) is 0 Å². The van der Waals surface area contributed by atoms with Gasteiger partial charge in [0.25, 0.3) is 0 Å². The standard InChI is InChI=1S/C10H9FO2/c11-7-9(6-10(12)13)8-4-2-1-3-5-8/h1-6H,7H2,(H,12,13)/b9-6+. The van der Waals surface area contributed by atoms with Gasteiger partial charge in [0.15, 0.2) is 0 Å². The number of carboxylic acids is 1. The van der Waals surface area contributed by atoms with E-state index < -0.39 is 12.6 Å². The van der Waals surface area contributed by atoms with Gasteiger partial charge in [-0.2, -0.15) is 0 Å². The summed E-state index contributed by atoms with van der Waals surface area (Å²) in [5.41, 5.74) is 0.792. The average Bonchev–Trinajstić information content (AvgIpc) is 2.15. The number of rotatable bonds is 3. The predicted molar refractivity (Wildman–Crippen MR) is 48.0 cm³/mol. The molecule has 0 aliphatic rings. The van der Waals surface area contributed by atoms with E-state index in [1.54, 1.807) is 30.3 Å². The largest absolute Gasteiger partial charge is 0.478 e. The lowest BCUT2D eigenvalue weighted by molar-refractivity contribution is -0.131. The van der Waals surface area contributed by atoms with Crippen LogP contribution in [0.5, 0.6) is 0 Å². The first-order valence-electron chi connectivity index (χ1n) is 3.79. The van der Waals surface area contributed by atoms with E-state index >= 15 is 0 Å². The summed E-state index contributed by atoms with van der Waals surface area (Å²) in [7, 11) is 0. The fourth-order valence-corrected chi connectivity index (χ4v) is 1.00. The van der Waals surface area contributed by atoms with Gasteiger partial charge in [-0.05, 0) is 11.1 Å². The van der Waals surface area contributed by atoms with Gasteiger partial charge < -0.3 is 5.11 Å². The molecule has 1 rings (SSSR count). The average molecular weight is 180 g/mol. The Balaban J connectivity index is 2.98. The number of halogens is 1. The zero-order chi connectivity index (χ0) is 9.68. The highest BCUT2D eigenvalue weighted by atomic mass is 19.1. The normalized spacial score (nSPS) is 11.3. The van der Waals surface area contributed by atoms with Crippen molar-refractivity contribution in [3.05, 3.63) is 42.0 Å². The van der Waals surface area contributed by atoms with E-state index in [2.05, 4.69) is 0 Å². The Kier molecular flexibility index (Phi) is 3.20. The van der Waals surface area contributed by atoms with Gasteiger partial charge in [0.05, 0.1) is 0 Å². The molecule has 0 heterocycles. The fourth-order valence-electron chi connectivity index (χ4n) is 1.00. The van der Waals surface area contributed by atoms with Crippen LogP contribution in [0, 0.1) is 0 Å². The Morgan fingerprint density at radius 2 is 2.00 bits per heavy atom. The number of benzene rings is 1. The Morgan fingerprint density at radius 3 is 2.46 bits per heavy atom. The summed E-state index contributed by atoms with van der Waals surface area (Å²) in [6.07, 6.45) is 0.884. The highest BCUT2D eigenvalue weighted by Gasteiger charge is 2.02. The molecule has 68 valence electrons. The summed E-state index contributed by atoms with van der Waals surface area (Å²) >= 11 is 0. The molecule has 3 heteroatoms. The maximum atomic E-state index is 12.4. The number of allylic oxidation sites excluding steroid dienone is 1. The Bertz CT molecular complexity index is 317. The van der Waals surface area contributed by atoms with Crippen molar-refractivity contribution in [3.63, 3.8) is 0 Å². The van der Waals surface area contributed by atoms with E-state index in [0.717, 1.165) is 6.08 Å². The maximum absolute atomic E-state index is 12.4. The Morgan fingerprint density at radius 1 is 1.38 bits per heavy atom. The second-order valence-corrected chi connectivity index (χ2v) is 2.51. The molecule has 0 radical (unpaired) electrons. The molecular weight excluding hydrogens is 171 g/mol. The monoisotopic (exact) mass is 180 g/mol. The first-order valence-corrected chi connectivity index (χ1v) is 3.79. The van der Waals surface area contributed by atoms with Gasteiger partial charge in [-0.15, -0.1) is 0 Å². The van der Waals surface area contributed by atoms with Crippen LogP contribution in [0.2, 0.25) is 0 Å². The third-order valence-electron chi connectivity index (χ3n) is 1.59. The lowest BCUT2D eigenvalue weighted by Crippen LogP contribution is -1.93. The molecule has 0 aliphatic heterocycles. The minimum Gasteiger partial charge on any atom is -0.478 e. The molecule has 0 bridgehead atoms. The topological polar surface area (TPSA) is 37.3 Å². The van der Waals surface area contributed by atoms with E-state index in [1.165, 1.54) is 0 Å². The van der Waals surface area contributed by atoms with Crippen molar-refractivity contribution in [3.8, 4) is 0 Å². The van der Waals surface area contributed by atoms with Crippen LogP contribution in [0.3, 0.4) is 0 Å². The van der Waals surface area contributed by atoms with Gasteiger partial charge >= 0.3 is 5.97 Å². The zero-order valence-electron chi connectivity index (χ0n) is 6.90. The molecule has 1 aromatic carbocycles. The zero-order valence-corrected chi connectivity index (χ0v) is 6.90. The van der Waals surface area contributed by atoms with Crippen molar-refractivity contribution in [1.82, 2.24) is 0 Å². The maximum Gasteiger partial charge on any atom is 0.328 e. The third kappa shape index (κ3) is 2.71. The van der Waals surface area contributed by atoms with Crippen LogP contribution in [0.1, 0.15) is 5.56 Å². The molecule has 0 fully saturated rings. The van der Waals surface area contributed by atoms with Crippen LogP contribution in [0.25, 0.3) is 5.57 Å². The van der Waals surface area contributed by atoms with Crippen molar-refractivity contribution in [2.24, 2.45) is 0 Å².